The van der Waals surface area contributed by atoms with Gasteiger partial charge in [-0.1, -0.05) is 20.3 Å². The zero-order valence-corrected chi connectivity index (χ0v) is 7.77. The maximum absolute atomic E-state index is 8.70. The SMILES string of the molecule is CCCNCC(CC)CCO. The minimum Gasteiger partial charge on any atom is -0.396 e. The van der Waals surface area contributed by atoms with E-state index in [4.69, 9.17) is 5.11 Å². The molecule has 0 spiro atoms. The van der Waals surface area contributed by atoms with Crippen molar-refractivity contribution in [1.82, 2.24) is 5.32 Å². The number of rotatable bonds is 7. The van der Waals surface area contributed by atoms with E-state index in [1.165, 1.54) is 6.42 Å². The van der Waals surface area contributed by atoms with E-state index in [-0.39, 0.29) is 0 Å². The largest absolute Gasteiger partial charge is 0.396 e. The summed E-state index contributed by atoms with van der Waals surface area (Å²) in [6, 6.07) is 0. The molecule has 0 fully saturated rings. The van der Waals surface area contributed by atoms with Gasteiger partial charge in [-0.05, 0) is 31.8 Å². The summed E-state index contributed by atoms with van der Waals surface area (Å²) in [6.45, 7) is 6.83. The Bertz CT molecular complexity index is 76.0. The van der Waals surface area contributed by atoms with Gasteiger partial charge in [0.15, 0.2) is 0 Å². The Labute approximate surface area is 70.0 Å². The van der Waals surface area contributed by atoms with Crippen LogP contribution in [0.25, 0.3) is 0 Å². The van der Waals surface area contributed by atoms with Gasteiger partial charge in [0.2, 0.25) is 0 Å². The van der Waals surface area contributed by atoms with Crippen molar-refractivity contribution >= 4 is 0 Å². The molecule has 0 aromatic rings. The molecule has 1 unspecified atom stereocenters. The molecule has 2 heteroatoms. The normalized spacial score (nSPS) is 13.4. The van der Waals surface area contributed by atoms with Gasteiger partial charge in [-0.3, -0.25) is 0 Å². The van der Waals surface area contributed by atoms with Crippen LogP contribution in [0.2, 0.25) is 0 Å². The van der Waals surface area contributed by atoms with E-state index in [1.54, 1.807) is 0 Å². The van der Waals surface area contributed by atoms with Crippen LogP contribution in [0, 0.1) is 5.92 Å². The fourth-order valence-electron chi connectivity index (χ4n) is 1.12. The topological polar surface area (TPSA) is 32.3 Å². The first-order valence-corrected chi connectivity index (χ1v) is 4.66. The highest BCUT2D eigenvalue weighted by molar-refractivity contribution is 4.59. The van der Waals surface area contributed by atoms with Crippen molar-refractivity contribution in [3.05, 3.63) is 0 Å². The van der Waals surface area contributed by atoms with Crippen molar-refractivity contribution in [2.45, 2.75) is 33.1 Å². The summed E-state index contributed by atoms with van der Waals surface area (Å²) in [4.78, 5) is 0. The fourth-order valence-corrected chi connectivity index (χ4v) is 1.12. The molecule has 1 atom stereocenters. The average molecular weight is 159 g/mol. The van der Waals surface area contributed by atoms with E-state index in [0.29, 0.717) is 12.5 Å². The molecule has 0 amide bonds. The predicted molar refractivity (Wildman–Crippen MR) is 48.6 cm³/mol. The van der Waals surface area contributed by atoms with Gasteiger partial charge in [-0.2, -0.15) is 0 Å². The maximum Gasteiger partial charge on any atom is 0.0434 e. The third-order valence-electron chi connectivity index (χ3n) is 1.97. The lowest BCUT2D eigenvalue weighted by Crippen LogP contribution is -2.23. The van der Waals surface area contributed by atoms with Crippen molar-refractivity contribution in [3.8, 4) is 0 Å². The van der Waals surface area contributed by atoms with Gasteiger partial charge < -0.3 is 10.4 Å². The van der Waals surface area contributed by atoms with Crippen LogP contribution in [0.3, 0.4) is 0 Å². The molecule has 0 radical (unpaired) electrons. The van der Waals surface area contributed by atoms with Gasteiger partial charge in [0.1, 0.15) is 0 Å². The maximum atomic E-state index is 8.70. The summed E-state index contributed by atoms with van der Waals surface area (Å²) in [5.74, 6) is 0.659. The highest BCUT2D eigenvalue weighted by atomic mass is 16.3. The number of hydrogen-bond acceptors (Lipinski definition) is 2. The van der Waals surface area contributed by atoms with Crippen molar-refractivity contribution in [1.29, 1.82) is 0 Å². The monoisotopic (exact) mass is 159 g/mol. The molecule has 0 heterocycles. The lowest BCUT2D eigenvalue weighted by atomic mass is 10.0. The number of aliphatic hydroxyl groups excluding tert-OH is 1. The van der Waals surface area contributed by atoms with Crippen LogP contribution in [-0.4, -0.2) is 24.8 Å². The van der Waals surface area contributed by atoms with Crippen LogP contribution in [0.1, 0.15) is 33.1 Å². The smallest absolute Gasteiger partial charge is 0.0434 e. The van der Waals surface area contributed by atoms with E-state index >= 15 is 0 Å². The Balaban J connectivity index is 3.20. The Morgan fingerprint density at radius 1 is 1.36 bits per heavy atom. The van der Waals surface area contributed by atoms with Gasteiger partial charge in [0.05, 0.1) is 0 Å². The van der Waals surface area contributed by atoms with E-state index in [2.05, 4.69) is 19.2 Å². The van der Waals surface area contributed by atoms with Gasteiger partial charge in [-0.15, -0.1) is 0 Å². The van der Waals surface area contributed by atoms with Crippen LogP contribution in [0.15, 0.2) is 0 Å². The summed E-state index contributed by atoms with van der Waals surface area (Å²) >= 11 is 0. The van der Waals surface area contributed by atoms with Crippen LogP contribution in [0.5, 0.6) is 0 Å². The Morgan fingerprint density at radius 3 is 2.55 bits per heavy atom. The molecule has 0 bridgehead atoms. The summed E-state index contributed by atoms with van der Waals surface area (Å²) in [7, 11) is 0. The first-order valence-electron chi connectivity index (χ1n) is 4.66. The average Bonchev–Trinajstić information content (AvgIpc) is 2.03. The van der Waals surface area contributed by atoms with Crippen molar-refractivity contribution in [2.75, 3.05) is 19.7 Å². The van der Waals surface area contributed by atoms with Crippen molar-refractivity contribution in [2.24, 2.45) is 5.92 Å². The third kappa shape index (κ3) is 6.32. The minimum atomic E-state index is 0.326. The molecule has 0 aliphatic heterocycles. The Morgan fingerprint density at radius 2 is 2.09 bits per heavy atom. The zero-order chi connectivity index (χ0) is 8.53. The van der Waals surface area contributed by atoms with Crippen LogP contribution >= 0.6 is 0 Å². The molecule has 11 heavy (non-hydrogen) atoms. The third-order valence-corrected chi connectivity index (χ3v) is 1.97. The molecule has 2 N–H and O–H groups in total. The van der Waals surface area contributed by atoms with Crippen LogP contribution < -0.4 is 5.32 Å². The van der Waals surface area contributed by atoms with Gasteiger partial charge in [0.25, 0.3) is 0 Å². The summed E-state index contributed by atoms with van der Waals surface area (Å²) < 4.78 is 0. The zero-order valence-electron chi connectivity index (χ0n) is 7.77. The molecule has 68 valence electrons. The molecule has 0 rings (SSSR count). The second kappa shape index (κ2) is 8.02. The lowest BCUT2D eigenvalue weighted by Gasteiger charge is -2.13. The van der Waals surface area contributed by atoms with E-state index in [1.807, 2.05) is 0 Å². The molecule has 2 nitrogen and oxygen atoms in total. The second-order valence-corrected chi connectivity index (χ2v) is 2.99. The van der Waals surface area contributed by atoms with Crippen LogP contribution in [0.4, 0.5) is 0 Å². The highest BCUT2D eigenvalue weighted by Crippen LogP contribution is 2.04. The second-order valence-electron chi connectivity index (χ2n) is 2.99. The molecule has 0 saturated heterocycles. The highest BCUT2D eigenvalue weighted by Gasteiger charge is 2.03. The standard InChI is InChI=1S/C9H21NO/c1-3-6-10-8-9(4-2)5-7-11/h9-11H,3-8H2,1-2H3. The minimum absolute atomic E-state index is 0.326. The van der Waals surface area contributed by atoms with Crippen LogP contribution in [-0.2, 0) is 0 Å². The fraction of sp³-hybridized carbons (Fsp3) is 1.00. The van der Waals surface area contributed by atoms with E-state index in [0.717, 1.165) is 25.9 Å². The Kier molecular flexibility index (Phi) is 7.96. The van der Waals surface area contributed by atoms with Crippen molar-refractivity contribution < 1.29 is 5.11 Å². The molecular weight excluding hydrogens is 138 g/mol. The van der Waals surface area contributed by atoms with E-state index < -0.39 is 0 Å². The van der Waals surface area contributed by atoms with Gasteiger partial charge in [0, 0.05) is 6.61 Å². The first kappa shape index (κ1) is 10.9. The molecular formula is C9H21NO. The van der Waals surface area contributed by atoms with Crippen molar-refractivity contribution in [3.63, 3.8) is 0 Å². The summed E-state index contributed by atoms with van der Waals surface area (Å²) in [5.41, 5.74) is 0. The number of nitrogens with one attached hydrogen (secondary N) is 1. The number of aliphatic hydroxyl groups is 1. The lowest BCUT2D eigenvalue weighted by molar-refractivity contribution is 0.251. The molecule has 0 aromatic carbocycles. The van der Waals surface area contributed by atoms with Gasteiger partial charge in [-0.25, -0.2) is 0 Å². The molecule has 0 aromatic heterocycles. The van der Waals surface area contributed by atoms with Gasteiger partial charge >= 0.3 is 0 Å². The summed E-state index contributed by atoms with van der Waals surface area (Å²) in [5, 5.41) is 12.1. The Hall–Kier alpha value is -0.0800. The quantitative estimate of drug-likeness (QED) is 0.550. The predicted octanol–water partition coefficient (Wildman–Crippen LogP) is 1.39. The summed E-state index contributed by atoms with van der Waals surface area (Å²) in [6.07, 6.45) is 3.29. The molecule has 0 saturated carbocycles. The molecule has 0 aliphatic carbocycles. The first-order chi connectivity index (χ1) is 5.35. The molecule has 0 aliphatic rings. The van der Waals surface area contributed by atoms with E-state index in [9.17, 15) is 0 Å². The number of hydrogen-bond donors (Lipinski definition) is 2.